The number of rotatable bonds is 4. The van der Waals surface area contributed by atoms with Crippen LogP contribution in [0.4, 0.5) is 0 Å². The van der Waals surface area contributed by atoms with Gasteiger partial charge in [0.15, 0.2) is 0 Å². The number of carbonyl (C=O) groups excluding carboxylic acids is 1. The molecule has 1 aliphatic heterocycles. The van der Waals surface area contributed by atoms with Crippen molar-refractivity contribution in [2.24, 2.45) is 0 Å². The average Bonchev–Trinajstić information content (AvgIpc) is 2.06. The van der Waals surface area contributed by atoms with Gasteiger partial charge in [0.1, 0.15) is 0 Å². The standard InChI is InChI=1S/C10H20N2O2/c1-10(2,14)5-6-11-8-3-4-9(13)12-7-8/h8,11,14H,3-7H2,1-2H3,(H,12,13). The Balaban J connectivity index is 2.10. The summed E-state index contributed by atoms with van der Waals surface area (Å²) in [5.41, 5.74) is -0.606. The molecule has 0 aromatic heterocycles. The van der Waals surface area contributed by atoms with Gasteiger partial charge in [-0.3, -0.25) is 4.79 Å². The molecule has 1 atom stereocenters. The van der Waals surface area contributed by atoms with E-state index in [-0.39, 0.29) is 5.91 Å². The fourth-order valence-electron chi connectivity index (χ4n) is 1.49. The molecule has 1 aliphatic rings. The van der Waals surface area contributed by atoms with E-state index < -0.39 is 5.60 Å². The minimum Gasteiger partial charge on any atom is -0.390 e. The van der Waals surface area contributed by atoms with Crippen LogP contribution < -0.4 is 10.6 Å². The van der Waals surface area contributed by atoms with Crippen molar-refractivity contribution in [1.29, 1.82) is 0 Å². The molecule has 1 rings (SSSR count). The molecular weight excluding hydrogens is 180 g/mol. The molecule has 1 heterocycles. The molecule has 0 aromatic carbocycles. The molecule has 4 heteroatoms. The zero-order valence-corrected chi connectivity index (χ0v) is 8.97. The van der Waals surface area contributed by atoms with Crippen LogP contribution in [0.15, 0.2) is 0 Å². The van der Waals surface area contributed by atoms with Crippen molar-refractivity contribution >= 4 is 5.91 Å². The predicted molar refractivity (Wildman–Crippen MR) is 54.9 cm³/mol. The maximum absolute atomic E-state index is 10.9. The molecule has 1 amide bonds. The normalized spacial score (nSPS) is 23.4. The lowest BCUT2D eigenvalue weighted by Crippen LogP contribution is -2.46. The monoisotopic (exact) mass is 200 g/mol. The van der Waals surface area contributed by atoms with Gasteiger partial charge in [-0.2, -0.15) is 0 Å². The van der Waals surface area contributed by atoms with Gasteiger partial charge in [0.2, 0.25) is 5.91 Å². The summed E-state index contributed by atoms with van der Waals surface area (Å²) >= 11 is 0. The Morgan fingerprint density at radius 2 is 2.36 bits per heavy atom. The van der Waals surface area contributed by atoms with Gasteiger partial charge in [0, 0.05) is 19.0 Å². The van der Waals surface area contributed by atoms with Gasteiger partial charge in [-0.05, 0) is 33.2 Å². The van der Waals surface area contributed by atoms with E-state index in [2.05, 4.69) is 10.6 Å². The van der Waals surface area contributed by atoms with E-state index in [1.54, 1.807) is 13.8 Å². The van der Waals surface area contributed by atoms with Crippen LogP contribution in [0.1, 0.15) is 33.1 Å². The van der Waals surface area contributed by atoms with E-state index in [1.165, 1.54) is 0 Å². The minimum atomic E-state index is -0.606. The molecule has 0 aliphatic carbocycles. The van der Waals surface area contributed by atoms with Crippen LogP contribution in [0.2, 0.25) is 0 Å². The van der Waals surface area contributed by atoms with Gasteiger partial charge in [0.05, 0.1) is 5.60 Å². The van der Waals surface area contributed by atoms with Gasteiger partial charge in [-0.25, -0.2) is 0 Å². The summed E-state index contributed by atoms with van der Waals surface area (Å²) in [6.45, 7) is 5.11. The SMILES string of the molecule is CC(C)(O)CCNC1CCC(=O)NC1. The predicted octanol–water partition coefficient (Wildman–Crippen LogP) is 0.0156. The van der Waals surface area contributed by atoms with Crippen molar-refractivity contribution < 1.29 is 9.90 Å². The average molecular weight is 200 g/mol. The third-order valence-electron chi connectivity index (χ3n) is 2.44. The topological polar surface area (TPSA) is 61.4 Å². The Bertz CT molecular complexity index is 189. The second kappa shape index (κ2) is 4.75. The second-order valence-electron chi connectivity index (χ2n) is 4.56. The van der Waals surface area contributed by atoms with E-state index in [0.717, 1.165) is 19.4 Å². The summed E-state index contributed by atoms with van der Waals surface area (Å²) < 4.78 is 0. The number of piperidine rings is 1. The highest BCUT2D eigenvalue weighted by Crippen LogP contribution is 2.07. The second-order valence-corrected chi connectivity index (χ2v) is 4.56. The van der Waals surface area contributed by atoms with E-state index in [0.29, 0.717) is 19.0 Å². The summed E-state index contributed by atoms with van der Waals surface area (Å²) in [5, 5.41) is 15.6. The molecule has 1 saturated heterocycles. The molecule has 0 spiro atoms. The Hall–Kier alpha value is -0.610. The van der Waals surface area contributed by atoms with E-state index >= 15 is 0 Å². The summed E-state index contributed by atoms with van der Waals surface area (Å²) in [4.78, 5) is 10.9. The van der Waals surface area contributed by atoms with Gasteiger partial charge < -0.3 is 15.7 Å². The molecule has 0 aromatic rings. The number of nitrogens with one attached hydrogen (secondary N) is 2. The highest BCUT2D eigenvalue weighted by molar-refractivity contribution is 5.76. The number of aliphatic hydroxyl groups is 1. The third-order valence-corrected chi connectivity index (χ3v) is 2.44. The highest BCUT2D eigenvalue weighted by atomic mass is 16.3. The van der Waals surface area contributed by atoms with E-state index in [4.69, 9.17) is 0 Å². The first-order chi connectivity index (χ1) is 6.47. The molecule has 14 heavy (non-hydrogen) atoms. The Morgan fingerprint density at radius 3 is 2.86 bits per heavy atom. The number of amides is 1. The van der Waals surface area contributed by atoms with Crippen molar-refractivity contribution in [3.05, 3.63) is 0 Å². The first kappa shape index (κ1) is 11.5. The Morgan fingerprint density at radius 1 is 1.64 bits per heavy atom. The molecular formula is C10H20N2O2. The first-order valence-corrected chi connectivity index (χ1v) is 5.20. The maximum Gasteiger partial charge on any atom is 0.220 e. The zero-order valence-electron chi connectivity index (χ0n) is 8.97. The van der Waals surface area contributed by atoms with Crippen LogP contribution in [0, 0.1) is 0 Å². The molecule has 1 fully saturated rings. The van der Waals surface area contributed by atoms with Gasteiger partial charge >= 0.3 is 0 Å². The maximum atomic E-state index is 10.9. The van der Waals surface area contributed by atoms with Crippen molar-refractivity contribution in [1.82, 2.24) is 10.6 Å². The van der Waals surface area contributed by atoms with Crippen LogP contribution in [0.25, 0.3) is 0 Å². The molecule has 82 valence electrons. The molecule has 0 bridgehead atoms. The van der Waals surface area contributed by atoms with Crippen molar-refractivity contribution in [2.75, 3.05) is 13.1 Å². The number of hydrogen-bond donors (Lipinski definition) is 3. The zero-order chi connectivity index (χ0) is 10.6. The lowest BCUT2D eigenvalue weighted by atomic mass is 10.0. The smallest absolute Gasteiger partial charge is 0.220 e. The van der Waals surface area contributed by atoms with Gasteiger partial charge in [0.25, 0.3) is 0 Å². The lowest BCUT2D eigenvalue weighted by molar-refractivity contribution is -0.122. The Kier molecular flexibility index (Phi) is 3.89. The number of carbonyl (C=O) groups is 1. The van der Waals surface area contributed by atoms with E-state index in [1.807, 2.05) is 0 Å². The summed E-state index contributed by atoms with van der Waals surface area (Å²) in [6, 6.07) is 0.370. The minimum absolute atomic E-state index is 0.144. The quantitative estimate of drug-likeness (QED) is 0.599. The van der Waals surface area contributed by atoms with Crippen LogP contribution in [-0.2, 0) is 4.79 Å². The van der Waals surface area contributed by atoms with Crippen molar-refractivity contribution in [3.63, 3.8) is 0 Å². The number of hydrogen-bond acceptors (Lipinski definition) is 3. The van der Waals surface area contributed by atoms with Crippen LogP contribution in [0.5, 0.6) is 0 Å². The largest absolute Gasteiger partial charge is 0.390 e. The highest BCUT2D eigenvalue weighted by Gasteiger charge is 2.18. The fourth-order valence-corrected chi connectivity index (χ4v) is 1.49. The van der Waals surface area contributed by atoms with Crippen molar-refractivity contribution in [2.45, 2.75) is 44.8 Å². The van der Waals surface area contributed by atoms with Gasteiger partial charge in [-0.15, -0.1) is 0 Å². The molecule has 3 N–H and O–H groups in total. The summed E-state index contributed by atoms with van der Waals surface area (Å²) in [7, 11) is 0. The van der Waals surface area contributed by atoms with Crippen LogP contribution in [-0.4, -0.2) is 35.7 Å². The molecule has 4 nitrogen and oxygen atoms in total. The molecule has 0 radical (unpaired) electrons. The van der Waals surface area contributed by atoms with Crippen LogP contribution >= 0.6 is 0 Å². The summed E-state index contributed by atoms with van der Waals surface area (Å²) in [5.74, 6) is 0.144. The van der Waals surface area contributed by atoms with Gasteiger partial charge in [-0.1, -0.05) is 0 Å². The van der Waals surface area contributed by atoms with Crippen molar-refractivity contribution in [3.8, 4) is 0 Å². The molecule has 1 unspecified atom stereocenters. The fraction of sp³-hybridized carbons (Fsp3) is 0.900. The summed E-state index contributed by atoms with van der Waals surface area (Å²) in [6.07, 6.45) is 2.25. The van der Waals surface area contributed by atoms with Crippen LogP contribution in [0.3, 0.4) is 0 Å². The third kappa shape index (κ3) is 4.58. The first-order valence-electron chi connectivity index (χ1n) is 5.20. The van der Waals surface area contributed by atoms with E-state index in [9.17, 15) is 9.90 Å². The lowest BCUT2D eigenvalue weighted by Gasteiger charge is -2.25. The molecule has 0 saturated carbocycles. The Labute approximate surface area is 85.1 Å².